The van der Waals surface area contributed by atoms with E-state index in [4.69, 9.17) is 10.00 Å². The largest absolute Gasteiger partial charge is 0.484 e. The molecule has 28 heavy (non-hydrogen) atoms. The summed E-state index contributed by atoms with van der Waals surface area (Å²) in [6.07, 6.45) is 1.42. The summed E-state index contributed by atoms with van der Waals surface area (Å²) in [6, 6.07) is 22.4. The Morgan fingerprint density at radius 3 is 2.21 bits per heavy atom. The van der Waals surface area contributed by atoms with E-state index in [9.17, 15) is 9.18 Å². The van der Waals surface area contributed by atoms with Gasteiger partial charge in [0.05, 0.1) is 17.8 Å². The molecule has 0 heterocycles. The van der Waals surface area contributed by atoms with Crippen molar-refractivity contribution in [1.82, 2.24) is 5.43 Å². The van der Waals surface area contributed by atoms with Crippen LogP contribution in [0.15, 0.2) is 77.9 Å². The zero-order valence-corrected chi connectivity index (χ0v) is 14.8. The van der Waals surface area contributed by atoms with Gasteiger partial charge in [0.25, 0.3) is 5.91 Å². The molecule has 0 aliphatic carbocycles. The van der Waals surface area contributed by atoms with Crippen molar-refractivity contribution in [2.24, 2.45) is 5.10 Å². The highest BCUT2D eigenvalue weighted by molar-refractivity contribution is 5.82. The van der Waals surface area contributed by atoms with Crippen LogP contribution in [-0.4, -0.2) is 18.7 Å². The van der Waals surface area contributed by atoms with Crippen molar-refractivity contribution in [3.63, 3.8) is 0 Å². The lowest BCUT2D eigenvalue weighted by Gasteiger charge is -2.07. The van der Waals surface area contributed by atoms with E-state index < -0.39 is 5.91 Å². The van der Waals surface area contributed by atoms with E-state index in [0.717, 1.165) is 11.1 Å². The number of hydrazone groups is 1. The fraction of sp³-hybridized carbons (Fsp3) is 0.0455. The molecule has 1 amide bonds. The van der Waals surface area contributed by atoms with Gasteiger partial charge >= 0.3 is 0 Å². The number of ether oxygens (including phenoxy) is 1. The number of carbonyl (C=O) groups excluding carboxylic acids is 1. The molecule has 0 unspecified atom stereocenters. The molecule has 3 aromatic rings. The summed E-state index contributed by atoms with van der Waals surface area (Å²) in [5.41, 5.74) is 5.59. The standard InChI is InChI=1S/C22H16FN3O2/c23-20-9-3-17(4-10-20)14-25-26-22(27)15-28-21-11-7-19(8-12-21)18-5-1-16(13-24)2-6-18/h1-12,14H,15H2,(H,26,27)/b25-14+. The third-order valence-corrected chi connectivity index (χ3v) is 3.84. The predicted octanol–water partition coefficient (Wildman–Crippen LogP) is 3.89. The summed E-state index contributed by atoms with van der Waals surface area (Å²) < 4.78 is 18.2. The molecule has 3 rings (SSSR count). The molecule has 6 heteroatoms. The van der Waals surface area contributed by atoms with Crippen LogP contribution in [0.2, 0.25) is 0 Å². The van der Waals surface area contributed by atoms with Crippen LogP contribution >= 0.6 is 0 Å². The van der Waals surface area contributed by atoms with Crippen LogP contribution < -0.4 is 10.2 Å². The maximum absolute atomic E-state index is 12.8. The van der Waals surface area contributed by atoms with Crippen LogP contribution in [0.1, 0.15) is 11.1 Å². The lowest BCUT2D eigenvalue weighted by Crippen LogP contribution is -2.24. The van der Waals surface area contributed by atoms with Crippen molar-refractivity contribution < 1.29 is 13.9 Å². The highest BCUT2D eigenvalue weighted by Crippen LogP contribution is 2.22. The molecule has 0 bridgehead atoms. The average molecular weight is 373 g/mol. The Labute approximate surface area is 161 Å². The minimum Gasteiger partial charge on any atom is -0.484 e. The Morgan fingerprint density at radius 2 is 1.61 bits per heavy atom. The van der Waals surface area contributed by atoms with Gasteiger partial charge in [0.1, 0.15) is 11.6 Å². The van der Waals surface area contributed by atoms with Gasteiger partial charge in [-0.25, -0.2) is 9.82 Å². The van der Waals surface area contributed by atoms with Crippen LogP contribution in [-0.2, 0) is 4.79 Å². The zero-order chi connectivity index (χ0) is 19.8. The van der Waals surface area contributed by atoms with Gasteiger partial charge in [0, 0.05) is 0 Å². The first-order valence-corrected chi connectivity index (χ1v) is 8.45. The Kier molecular flexibility index (Phi) is 6.11. The van der Waals surface area contributed by atoms with E-state index in [-0.39, 0.29) is 12.4 Å². The lowest BCUT2D eigenvalue weighted by molar-refractivity contribution is -0.123. The third kappa shape index (κ3) is 5.26. The summed E-state index contributed by atoms with van der Waals surface area (Å²) in [5, 5.41) is 12.6. The highest BCUT2D eigenvalue weighted by Gasteiger charge is 2.03. The number of benzene rings is 3. The van der Waals surface area contributed by atoms with Gasteiger partial charge in [-0.1, -0.05) is 36.4 Å². The number of hydrogen-bond acceptors (Lipinski definition) is 4. The van der Waals surface area contributed by atoms with Crippen LogP contribution in [0, 0.1) is 17.1 Å². The molecule has 0 aliphatic heterocycles. The smallest absolute Gasteiger partial charge is 0.277 e. The summed E-state index contributed by atoms with van der Waals surface area (Å²) in [6.45, 7) is -0.184. The average Bonchev–Trinajstić information content (AvgIpc) is 2.74. The van der Waals surface area contributed by atoms with Gasteiger partial charge in [-0.3, -0.25) is 4.79 Å². The number of nitriles is 1. The zero-order valence-electron chi connectivity index (χ0n) is 14.8. The van der Waals surface area contributed by atoms with Crippen LogP contribution in [0.25, 0.3) is 11.1 Å². The summed E-state index contributed by atoms with van der Waals surface area (Å²) in [4.78, 5) is 11.8. The molecule has 0 saturated carbocycles. The molecule has 0 spiro atoms. The number of nitrogens with zero attached hydrogens (tertiary/aromatic N) is 2. The molecule has 0 aliphatic rings. The van der Waals surface area contributed by atoms with Crippen molar-refractivity contribution in [3.8, 4) is 22.9 Å². The van der Waals surface area contributed by atoms with Crippen molar-refractivity contribution in [3.05, 3.63) is 89.7 Å². The van der Waals surface area contributed by atoms with Gasteiger partial charge in [0.2, 0.25) is 0 Å². The normalized spacial score (nSPS) is 10.4. The Bertz CT molecular complexity index is 1010. The number of hydrogen-bond donors (Lipinski definition) is 1. The molecular weight excluding hydrogens is 357 g/mol. The summed E-state index contributed by atoms with van der Waals surface area (Å²) >= 11 is 0. The molecule has 5 nitrogen and oxygen atoms in total. The molecule has 138 valence electrons. The molecule has 0 aromatic heterocycles. The van der Waals surface area contributed by atoms with E-state index >= 15 is 0 Å². The fourth-order valence-corrected chi connectivity index (χ4v) is 2.39. The van der Waals surface area contributed by atoms with Gasteiger partial charge in [-0.2, -0.15) is 10.4 Å². The summed E-state index contributed by atoms with van der Waals surface area (Å²) in [7, 11) is 0. The number of carbonyl (C=O) groups is 1. The minimum absolute atomic E-state index is 0.184. The number of amides is 1. The summed E-state index contributed by atoms with van der Waals surface area (Å²) in [5.74, 6) is -0.190. The number of rotatable bonds is 6. The van der Waals surface area contributed by atoms with Crippen LogP contribution in [0.3, 0.4) is 0 Å². The predicted molar refractivity (Wildman–Crippen MR) is 104 cm³/mol. The van der Waals surface area contributed by atoms with Gasteiger partial charge in [-0.05, 0) is 53.1 Å². The van der Waals surface area contributed by atoms with Gasteiger partial charge < -0.3 is 4.74 Å². The van der Waals surface area contributed by atoms with Crippen molar-refractivity contribution in [1.29, 1.82) is 5.26 Å². The van der Waals surface area contributed by atoms with Crippen molar-refractivity contribution >= 4 is 12.1 Å². The molecule has 0 fully saturated rings. The van der Waals surface area contributed by atoms with E-state index in [1.54, 1.807) is 36.4 Å². The molecule has 1 N–H and O–H groups in total. The van der Waals surface area contributed by atoms with Crippen molar-refractivity contribution in [2.45, 2.75) is 0 Å². The second-order valence-electron chi connectivity index (χ2n) is 5.85. The Hall–Kier alpha value is -3.98. The number of halogens is 1. The SMILES string of the molecule is N#Cc1ccc(-c2ccc(OCC(=O)N/N=C/c3ccc(F)cc3)cc2)cc1. The van der Waals surface area contributed by atoms with E-state index in [2.05, 4.69) is 16.6 Å². The molecular formula is C22H16FN3O2. The monoisotopic (exact) mass is 373 g/mol. The minimum atomic E-state index is -0.408. The lowest BCUT2D eigenvalue weighted by atomic mass is 10.0. The van der Waals surface area contributed by atoms with Gasteiger partial charge in [0.15, 0.2) is 6.61 Å². The van der Waals surface area contributed by atoms with Crippen LogP contribution in [0.5, 0.6) is 5.75 Å². The first-order valence-electron chi connectivity index (χ1n) is 8.45. The first-order chi connectivity index (χ1) is 13.6. The molecule has 3 aromatic carbocycles. The maximum atomic E-state index is 12.8. The molecule has 0 atom stereocenters. The molecule has 0 radical (unpaired) electrons. The second kappa shape index (κ2) is 9.10. The van der Waals surface area contributed by atoms with Gasteiger partial charge in [-0.15, -0.1) is 0 Å². The maximum Gasteiger partial charge on any atom is 0.277 e. The fourth-order valence-electron chi connectivity index (χ4n) is 2.39. The second-order valence-corrected chi connectivity index (χ2v) is 5.85. The molecule has 0 saturated heterocycles. The van der Waals surface area contributed by atoms with Crippen molar-refractivity contribution in [2.75, 3.05) is 6.61 Å². The number of nitrogens with one attached hydrogen (secondary N) is 1. The topological polar surface area (TPSA) is 74.5 Å². The van der Waals surface area contributed by atoms with E-state index in [1.807, 2.05) is 24.3 Å². The Balaban J connectivity index is 1.49. The Morgan fingerprint density at radius 1 is 1.00 bits per heavy atom. The first kappa shape index (κ1) is 18.8. The van der Waals surface area contributed by atoms with E-state index in [0.29, 0.717) is 16.9 Å². The van der Waals surface area contributed by atoms with Crippen LogP contribution in [0.4, 0.5) is 4.39 Å². The third-order valence-electron chi connectivity index (χ3n) is 3.84. The van der Waals surface area contributed by atoms with E-state index in [1.165, 1.54) is 18.3 Å². The quantitative estimate of drug-likeness (QED) is 0.526. The highest BCUT2D eigenvalue weighted by atomic mass is 19.1.